The highest BCUT2D eigenvalue weighted by Gasteiger charge is 2.14. The first-order valence-electron chi connectivity index (χ1n) is 7.67. The van der Waals surface area contributed by atoms with Crippen molar-refractivity contribution in [3.05, 3.63) is 79.2 Å². The van der Waals surface area contributed by atoms with Crippen LogP contribution in [0, 0.1) is 5.82 Å². The van der Waals surface area contributed by atoms with Gasteiger partial charge in [0.2, 0.25) is 0 Å². The van der Waals surface area contributed by atoms with Gasteiger partial charge in [-0.2, -0.15) is 0 Å². The van der Waals surface area contributed by atoms with Crippen LogP contribution < -0.4 is 11.2 Å². The van der Waals surface area contributed by atoms with Gasteiger partial charge >= 0.3 is 5.69 Å². The van der Waals surface area contributed by atoms with Crippen LogP contribution in [0.25, 0.3) is 10.9 Å². The van der Waals surface area contributed by atoms with Gasteiger partial charge in [-0.1, -0.05) is 28.1 Å². The molecular formula is C18H16BrFN2O3. The van der Waals surface area contributed by atoms with Crippen LogP contribution in [0.5, 0.6) is 0 Å². The van der Waals surface area contributed by atoms with Gasteiger partial charge in [0.05, 0.1) is 30.6 Å². The fourth-order valence-corrected chi connectivity index (χ4v) is 2.96. The van der Waals surface area contributed by atoms with Crippen molar-refractivity contribution in [1.82, 2.24) is 9.13 Å². The first-order chi connectivity index (χ1) is 12.0. The number of rotatable bonds is 5. The third kappa shape index (κ3) is 3.57. The van der Waals surface area contributed by atoms with E-state index in [4.69, 9.17) is 4.74 Å². The lowest BCUT2D eigenvalue weighted by Gasteiger charge is -2.14. The molecule has 0 aliphatic carbocycles. The van der Waals surface area contributed by atoms with Gasteiger partial charge in [-0.15, -0.1) is 0 Å². The normalized spacial score (nSPS) is 11.2. The molecule has 0 bridgehead atoms. The summed E-state index contributed by atoms with van der Waals surface area (Å²) >= 11 is 3.36. The first kappa shape index (κ1) is 17.6. The third-order valence-electron chi connectivity index (χ3n) is 3.96. The lowest BCUT2D eigenvalue weighted by molar-refractivity contribution is 0.186. The molecule has 130 valence electrons. The summed E-state index contributed by atoms with van der Waals surface area (Å²) in [4.78, 5) is 25.6. The minimum absolute atomic E-state index is 0.144. The van der Waals surface area contributed by atoms with Crippen molar-refractivity contribution in [3.63, 3.8) is 0 Å². The van der Waals surface area contributed by atoms with Crippen molar-refractivity contribution in [2.75, 3.05) is 13.7 Å². The van der Waals surface area contributed by atoms with Gasteiger partial charge in [0.15, 0.2) is 0 Å². The predicted octanol–water partition coefficient (Wildman–Crippen LogP) is 2.76. The van der Waals surface area contributed by atoms with Crippen LogP contribution in [0.1, 0.15) is 5.56 Å². The van der Waals surface area contributed by atoms with E-state index in [-0.39, 0.29) is 25.2 Å². The number of ether oxygens (including phenoxy) is 1. The van der Waals surface area contributed by atoms with Crippen molar-refractivity contribution >= 4 is 26.8 Å². The summed E-state index contributed by atoms with van der Waals surface area (Å²) in [5, 5.41) is 0.300. The molecule has 0 atom stereocenters. The average molecular weight is 407 g/mol. The van der Waals surface area contributed by atoms with E-state index >= 15 is 0 Å². The summed E-state index contributed by atoms with van der Waals surface area (Å²) in [5.41, 5.74) is 0.181. The van der Waals surface area contributed by atoms with Crippen LogP contribution in [0.2, 0.25) is 0 Å². The maximum atomic E-state index is 13.6. The molecule has 2 aromatic carbocycles. The Hall–Kier alpha value is -2.25. The second-order valence-electron chi connectivity index (χ2n) is 5.61. The van der Waals surface area contributed by atoms with Crippen molar-refractivity contribution in [2.45, 2.75) is 13.1 Å². The zero-order valence-corrected chi connectivity index (χ0v) is 15.1. The highest BCUT2D eigenvalue weighted by molar-refractivity contribution is 9.10. The molecule has 7 heteroatoms. The number of halogens is 2. The van der Waals surface area contributed by atoms with Gasteiger partial charge in [0.1, 0.15) is 5.82 Å². The van der Waals surface area contributed by atoms with E-state index in [0.29, 0.717) is 5.39 Å². The van der Waals surface area contributed by atoms with E-state index in [9.17, 15) is 14.0 Å². The van der Waals surface area contributed by atoms with E-state index in [1.807, 2.05) is 24.3 Å². The highest BCUT2D eigenvalue weighted by atomic mass is 79.9. The van der Waals surface area contributed by atoms with Crippen LogP contribution >= 0.6 is 15.9 Å². The standard InChI is InChI=1S/C18H16BrFN2O3/c1-25-9-8-21-16-10-14(20)6-7-15(16)17(23)22(18(21)24)11-12-2-4-13(19)5-3-12/h2-7,10H,8-9,11H2,1H3. The van der Waals surface area contributed by atoms with E-state index in [1.165, 1.54) is 34.4 Å². The van der Waals surface area contributed by atoms with Gasteiger partial charge in [-0.05, 0) is 35.9 Å². The molecule has 3 aromatic rings. The summed E-state index contributed by atoms with van der Waals surface area (Å²) in [5.74, 6) is -0.497. The molecule has 0 N–H and O–H groups in total. The number of hydrogen-bond acceptors (Lipinski definition) is 3. The van der Waals surface area contributed by atoms with Crippen molar-refractivity contribution in [3.8, 4) is 0 Å². The second kappa shape index (κ2) is 7.33. The van der Waals surface area contributed by atoms with Gasteiger partial charge in [0, 0.05) is 11.6 Å². The number of fused-ring (bicyclic) bond motifs is 1. The van der Waals surface area contributed by atoms with E-state index in [1.54, 1.807) is 0 Å². The first-order valence-corrected chi connectivity index (χ1v) is 8.47. The SMILES string of the molecule is COCCn1c(=O)n(Cc2ccc(Br)cc2)c(=O)c2ccc(F)cc21. The maximum Gasteiger partial charge on any atom is 0.331 e. The molecule has 0 saturated heterocycles. The molecule has 0 saturated carbocycles. The van der Waals surface area contributed by atoms with Crippen LogP contribution in [-0.4, -0.2) is 22.9 Å². The van der Waals surface area contributed by atoms with E-state index < -0.39 is 17.1 Å². The third-order valence-corrected chi connectivity index (χ3v) is 4.49. The number of nitrogens with zero attached hydrogens (tertiary/aromatic N) is 2. The van der Waals surface area contributed by atoms with Crippen LogP contribution in [-0.2, 0) is 17.8 Å². The Kier molecular flexibility index (Phi) is 5.15. The maximum absolute atomic E-state index is 13.6. The van der Waals surface area contributed by atoms with E-state index in [2.05, 4.69) is 15.9 Å². The van der Waals surface area contributed by atoms with Gasteiger partial charge in [-0.25, -0.2) is 9.18 Å². The zero-order chi connectivity index (χ0) is 18.0. The molecule has 25 heavy (non-hydrogen) atoms. The van der Waals surface area contributed by atoms with Crippen LogP contribution in [0.15, 0.2) is 56.5 Å². The summed E-state index contributed by atoms with van der Waals surface area (Å²) in [6.07, 6.45) is 0. The minimum Gasteiger partial charge on any atom is -0.383 e. The smallest absolute Gasteiger partial charge is 0.331 e. The topological polar surface area (TPSA) is 53.2 Å². The molecule has 0 fully saturated rings. The summed E-state index contributed by atoms with van der Waals surface area (Å²) in [6, 6.07) is 11.2. The largest absolute Gasteiger partial charge is 0.383 e. The monoisotopic (exact) mass is 406 g/mol. The summed E-state index contributed by atoms with van der Waals surface area (Å²) in [6.45, 7) is 0.656. The fraction of sp³-hybridized carbons (Fsp3) is 0.222. The van der Waals surface area contributed by atoms with Crippen LogP contribution in [0.3, 0.4) is 0 Å². The zero-order valence-electron chi connectivity index (χ0n) is 13.5. The Balaban J connectivity index is 2.21. The molecule has 0 amide bonds. The van der Waals surface area contributed by atoms with Crippen molar-refractivity contribution < 1.29 is 9.13 Å². The second-order valence-corrected chi connectivity index (χ2v) is 6.52. The molecule has 0 radical (unpaired) electrons. The predicted molar refractivity (Wildman–Crippen MR) is 97.5 cm³/mol. The fourth-order valence-electron chi connectivity index (χ4n) is 2.70. The van der Waals surface area contributed by atoms with Crippen molar-refractivity contribution in [1.29, 1.82) is 0 Å². The lowest BCUT2D eigenvalue weighted by Crippen LogP contribution is -2.41. The summed E-state index contributed by atoms with van der Waals surface area (Å²) < 4.78 is 22.1. The highest BCUT2D eigenvalue weighted by Crippen LogP contribution is 2.13. The van der Waals surface area contributed by atoms with Gasteiger partial charge in [-0.3, -0.25) is 13.9 Å². The molecule has 0 aliphatic heterocycles. The molecule has 3 rings (SSSR count). The Morgan fingerprint density at radius 1 is 1.08 bits per heavy atom. The van der Waals surface area contributed by atoms with Crippen molar-refractivity contribution in [2.24, 2.45) is 0 Å². The molecule has 0 unspecified atom stereocenters. The number of methoxy groups -OCH3 is 1. The molecule has 1 aromatic heterocycles. The van der Waals surface area contributed by atoms with Gasteiger partial charge in [0.25, 0.3) is 5.56 Å². The Bertz CT molecular complexity index is 1030. The lowest BCUT2D eigenvalue weighted by atomic mass is 10.2. The van der Waals surface area contributed by atoms with Gasteiger partial charge < -0.3 is 4.74 Å². The Morgan fingerprint density at radius 2 is 1.80 bits per heavy atom. The minimum atomic E-state index is -0.497. The number of benzene rings is 2. The Morgan fingerprint density at radius 3 is 2.48 bits per heavy atom. The average Bonchev–Trinajstić information content (AvgIpc) is 2.60. The van der Waals surface area contributed by atoms with E-state index in [0.717, 1.165) is 10.0 Å². The molecule has 0 aliphatic rings. The Labute approximate surface area is 151 Å². The quantitative estimate of drug-likeness (QED) is 0.654. The number of aromatic nitrogens is 2. The van der Waals surface area contributed by atoms with Crippen LogP contribution in [0.4, 0.5) is 4.39 Å². The molecule has 5 nitrogen and oxygen atoms in total. The molecule has 1 heterocycles. The molecular weight excluding hydrogens is 391 g/mol. The molecule has 0 spiro atoms. The number of hydrogen-bond donors (Lipinski definition) is 0. The summed E-state index contributed by atoms with van der Waals surface area (Å²) in [7, 11) is 1.52.